The predicted octanol–water partition coefficient (Wildman–Crippen LogP) is 2.58. The van der Waals surface area contributed by atoms with Crippen molar-refractivity contribution in [3.05, 3.63) is 46.0 Å². The van der Waals surface area contributed by atoms with E-state index in [0.29, 0.717) is 17.0 Å². The summed E-state index contributed by atoms with van der Waals surface area (Å²) in [7, 11) is -0.725. The Balaban J connectivity index is 1.81. The molecule has 0 radical (unpaired) electrons. The molecule has 28 heavy (non-hydrogen) atoms. The monoisotopic (exact) mass is 434 g/mol. The third-order valence-electron chi connectivity index (χ3n) is 4.18. The number of thiazole rings is 1. The van der Waals surface area contributed by atoms with Gasteiger partial charge in [-0.2, -0.15) is 30.2 Å². The van der Waals surface area contributed by atoms with Crippen LogP contribution in [0.1, 0.15) is 26.5 Å². The highest BCUT2D eigenvalue weighted by molar-refractivity contribution is 7.86. The van der Waals surface area contributed by atoms with Crippen molar-refractivity contribution in [2.45, 2.75) is 19.1 Å². The first-order chi connectivity index (χ1) is 13.0. The number of hydrogen-bond donors (Lipinski definition) is 1. The van der Waals surface area contributed by atoms with E-state index in [9.17, 15) is 26.4 Å². The Morgan fingerprint density at radius 1 is 1.29 bits per heavy atom. The van der Waals surface area contributed by atoms with Crippen LogP contribution in [0.3, 0.4) is 0 Å². The summed E-state index contributed by atoms with van der Waals surface area (Å²) in [6, 6.07) is 4.49. The van der Waals surface area contributed by atoms with Crippen molar-refractivity contribution in [2.75, 3.05) is 26.0 Å². The molecule has 1 aromatic carbocycles. The maximum atomic E-state index is 13.1. The van der Waals surface area contributed by atoms with Crippen LogP contribution in [0.25, 0.3) is 0 Å². The van der Waals surface area contributed by atoms with Crippen LogP contribution in [0.2, 0.25) is 0 Å². The average Bonchev–Trinajstić information content (AvgIpc) is 3.02. The van der Waals surface area contributed by atoms with Crippen molar-refractivity contribution < 1.29 is 26.4 Å². The van der Waals surface area contributed by atoms with Crippen molar-refractivity contribution in [2.24, 2.45) is 0 Å². The van der Waals surface area contributed by atoms with Crippen LogP contribution in [-0.2, 0) is 29.4 Å². The maximum absolute atomic E-state index is 13.1. The number of carbonyl (C=O) groups excluding carboxylic acids is 1. The zero-order valence-corrected chi connectivity index (χ0v) is 16.6. The van der Waals surface area contributed by atoms with E-state index in [2.05, 4.69) is 10.3 Å². The fraction of sp³-hybridized carbons (Fsp3) is 0.375. The molecular weight excluding hydrogens is 417 g/mol. The number of anilines is 1. The summed E-state index contributed by atoms with van der Waals surface area (Å²) >= 11 is 1.05. The van der Waals surface area contributed by atoms with Crippen LogP contribution in [-0.4, -0.2) is 48.6 Å². The molecule has 0 bridgehead atoms. The van der Waals surface area contributed by atoms with Gasteiger partial charge in [-0.3, -0.25) is 10.1 Å². The van der Waals surface area contributed by atoms with Crippen LogP contribution in [0.15, 0.2) is 24.3 Å². The Hall–Kier alpha value is -2.02. The molecule has 1 aliphatic rings. The number of nitrogens with zero attached hydrogens (tertiary/aromatic N) is 3. The molecule has 0 aliphatic carbocycles. The lowest BCUT2D eigenvalue weighted by Crippen LogP contribution is -2.42. The van der Waals surface area contributed by atoms with Gasteiger partial charge in [0.05, 0.1) is 23.4 Å². The van der Waals surface area contributed by atoms with Gasteiger partial charge in [-0.15, -0.1) is 11.3 Å². The Morgan fingerprint density at radius 2 is 1.96 bits per heavy atom. The van der Waals surface area contributed by atoms with Crippen LogP contribution in [0.5, 0.6) is 0 Å². The number of benzene rings is 1. The largest absolute Gasteiger partial charge is 0.417 e. The van der Waals surface area contributed by atoms with E-state index in [1.165, 1.54) is 30.5 Å². The van der Waals surface area contributed by atoms with E-state index in [1.54, 1.807) is 0 Å². The second-order valence-corrected chi connectivity index (χ2v) is 9.49. The number of alkyl halides is 3. The number of nitrogens with one attached hydrogen (secondary N) is 1. The van der Waals surface area contributed by atoms with E-state index in [0.717, 1.165) is 27.8 Å². The van der Waals surface area contributed by atoms with Crippen molar-refractivity contribution in [1.29, 1.82) is 0 Å². The summed E-state index contributed by atoms with van der Waals surface area (Å²) in [5, 5.41) is 2.53. The third-order valence-corrected chi connectivity index (χ3v) is 7.07. The number of rotatable bonds is 4. The SMILES string of the molecule is CN(C)S(=O)(=O)N1CCc2nc(NC(=O)c3ccccc3C(F)(F)F)sc2C1. The Bertz CT molecular complexity index is 1000. The Labute approximate surface area is 164 Å². The van der Waals surface area contributed by atoms with Crippen molar-refractivity contribution >= 4 is 32.6 Å². The zero-order valence-electron chi connectivity index (χ0n) is 14.9. The van der Waals surface area contributed by atoms with Crippen LogP contribution >= 0.6 is 11.3 Å². The standard InChI is InChI=1S/C16H17F3N4O3S2/c1-22(2)28(25,26)23-8-7-12-13(9-23)27-15(20-12)21-14(24)10-5-3-4-6-11(10)16(17,18)19/h3-6H,7-9H2,1-2H3,(H,20,21,24). The number of halogens is 3. The molecule has 0 saturated carbocycles. The molecule has 12 heteroatoms. The minimum Gasteiger partial charge on any atom is -0.298 e. The van der Waals surface area contributed by atoms with Gasteiger partial charge in [-0.1, -0.05) is 12.1 Å². The quantitative estimate of drug-likeness (QED) is 0.802. The lowest BCUT2D eigenvalue weighted by molar-refractivity contribution is -0.137. The van der Waals surface area contributed by atoms with Crippen molar-refractivity contribution in [3.8, 4) is 0 Å². The van der Waals surface area contributed by atoms with Gasteiger partial charge in [0.15, 0.2) is 5.13 Å². The Kier molecular flexibility index (Phi) is 5.49. The normalized spacial score (nSPS) is 15.5. The van der Waals surface area contributed by atoms with Gasteiger partial charge in [-0.25, -0.2) is 4.98 Å². The van der Waals surface area contributed by atoms with Gasteiger partial charge in [0.2, 0.25) is 0 Å². The molecule has 1 aromatic heterocycles. The first-order valence-electron chi connectivity index (χ1n) is 8.14. The van der Waals surface area contributed by atoms with E-state index in [4.69, 9.17) is 0 Å². The molecule has 2 aromatic rings. The zero-order chi connectivity index (χ0) is 20.7. The van der Waals surface area contributed by atoms with Crippen LogP contribution < -0.4 is 5.32 Å². The summed E-state index contributed by atoms with van der Waals surface area (Å²) in [5.41, 5.74) is -0.897. The van der Waals surface area contributed by atoms with Gasteiger partial charge in [0, 0.05) is 31.9 Å². The lowest BCUT2D eigenvalue weighted by Gasteiger charge is -2.27. The maximum Gasteiger partial charge on any atom is 0.417 e. The van der Waals surface area contributed by atoms with Crippen LogP contribution in [0.4, 0.5) is 18.3 Å². The van der Waals surface area contributed by atoms with Crippen LogP contribution in [0, 0.1) is 0 Å². The number of fused-ring (bicyclic) bond motifs is 1. The van der Waals surface area contributed by atoms with E-state index >= 15 is 0 Å². The molecular formula is C16H17F3N4O3S2. The summed E-state index contributed by atoms with van der Waals surface area (Å²) in [5.74, 6) is -0.920. The molecule has 2 heterocycles. The molecule has 0 spiro atoms. The number of carbonyl (C=O) groups is 1. The third kappa shape index (κ3) is 4.04. The molecule has 152 valence electrons. The highest BCUT2D eigenvalue weighted by Crippen LogP contribution is 2.33. The molecule has 1 N–H and O–H groups in total. The highest BCUT2D eigenvalue weighted by atomic mass is 32.2. The topological polar surface area (TPSA) is 82.6 Å². The second-order valence-electron chi connectivity index (χ2n) is 6.26. The minimum absolute atomic E-state index is 0.0997. The summed E-state index contributed by atoms with van der Waals surface area (Å²) in [6.45, 7) is 0.337. The number of amides is 1. The number of aromatic nitrogens is 1. The molecule has 0 saturated heterocycles. The smallest absolute Gasteiger partial charge is 0.298 e. The highest BCUT2D eigenvalue weighted by Gasteiger charge is 2.35. The average molecular weight is 434 g/mol. The van der Waals surface area contributed by atoms with Crippen molar-refractivity contribution in [1.82, 2.24) is 13.6 Å². The minimum atomic E-state index is -4.66. The summed E-state index contributed by atoms with van der Waals surface area (Å²) in [6.07, 6.45) is -4.30. The van der Waals surface area contributed by atoms with E-state index < -0.39 is 33.4 Å². The first kappa shape index (κ1) is 20.7. The second kappa shape index (κ2) is 7.43. The lowest BCUT2D eigenvalue weighted by atomic mass is 10.1. The number of hydrogen-bond acceptors (Lipinski definition) is 5. The van der Waals surface area contributed by atoms with Gasteiger partial charge in [0.1, 0.15) is 0 Å². The summed E-state index contributed by atoms with van der Waals surface area (Å²) < 4.78 is 66.2. The molecule has 1 amide bonds. The Morgan fingerprint density at radius 3 is 2.61 bits per heavy atom. The van der Waals surface area contributed by atoms with Gasteiger partial charge < -0.3 is 0 Å². The fourth-order valence-electron chi connectivity index (χ4n) is 2.75. The molecule has 0 fully saturated rings. The summed E-state index contributed by atoms with van der Waals surface area (Å²) in [4.78, 5) is 17.2. The molecule has 0 atom stereocenters. The van der Waals surface area contributed by atoms with Gasteiger partial charge in [-0.05, 0) is 12.1 Å². The van der Waals surface area contributed by atoms with Gasteiger partial charge in [0.25, 0.3) is 16.1 Å². The van der Waals surface area contributed by atoms with E-state index in [-0.39, 0.29) is 18.2 Å². The fourth-order valence-corrected chi connectivity index (χ4v) is 4.92. The molecule has 7 nitrogen and oxygen atoms in total. The molecule has 3 rings (SSSR count). The van der Waals surface area contributed by atoms with Crippen molar-refractivity contribution in [3.63, 3.8) is 0 Å². The van der Waals surface area contributed by atoms with Gasteiger partial charge >= 0.3 is 6.18 Å². The predicted molar refractivity (Wildman–Crippen MR) is 98.2 cm³/mol. The molecule has 0 unspecified atom stereocenters. The van der Waals surface area contributed by atoms with E-state index in [1.807, 2.05) is 0 Å². The molecule has 1 aliphatic heterocycles. The first-order valence-corrected chi connectivity index (χ1v) is 10.3.